The number of nitrogens with zero attached hydrogens (tertiary/aromatic N) is 1. The maximum atomic E-state index is 12.7. The fourth-order valence-electron chi connectivity index (χ4n) is 2.67. The van der Waals surface area contributed by atoms with Crippen molar-refractivity contribution < 1.29 is 22.7 Å². The van der Waals surface area contributed by atoms with Crippen LogP contribution in [0.5, 0.6) is 5.88 Å². The van der Waals surface area contributed by atoms with E-state index < -0.39 is 24.2 Å². The van der Waals surface area contributed by atoms with Gasteiger partial charge in [-0.15, -0.1) is 0 Å². The maximum absolute atomic E-state index is 12.7. The molecule has 1 heterocycles. The van der Waals surface area contributed by atoms with Crippen LogP contribution in [-0.2, 0) is 6.54 Å². The number of alkyl halides is 3. The van der Waals surface area contributed by atoms with Crippen molar-refractivity contribution in [1.82, 2.24) is 15.6 Å². The second-order valence-electron chi connectivity index (χ2n) is 5.64. The number of amides is 2. The molecule has 0 radical (unpaired) electrons. The van der Waals surface area contributed by atoms with Gasteiger partial charge >= 0.3 is 12.2 Å². The average Bonchev–Trinajstić information content (AvgIpc) is 2.53. The van der Waals surface area contributed by atoms with Crippen LogP contribution in [-0.4, -0.2) is 30.3 Å². The Morgan fingerprint density at radius 1 is 1.39 bits per heavy atom. The summed E-state index contributed by atoms with van der Waals surface area (Å²) in [6, 6.07) is 2.52. The monoisotopic (exact) mass is 331 g/mol. The number of halogens is 3. The minimum Gasteiger partial charge on any atom is -0.481 e. The fourth-order valence-corrected chi connectivity index (χ4v) is 2.67. The third kappa shape index (κ3) is 5.30. The topological polar surface area (TPSA) is 63.2 Å². The molecule has 2 N–H and O–H groups in total. The Bertz CT molecular complexity index is 520. The van der Waals surface area contributed by atoms with Crippen molar-refractivity contribution in [3.8, 4) is 5.88 Å². The molecule has 2 atom stereocenters. The molecular formula is C15H20F3N3O2. The van der Waals surface area contributed by atoms with Crippen molar-refractivity contribution >= 4 is 6.03 Å². The van der Waals surface area contributed by atoms with E-state index in [2.05, 4.69) is 15.6 Å². The van der Waals surface area contributed by atoms with Crippen LogP contribution < -0.4 is 15.4 Å². The molecule has 1 aliphatic carbocycles. The van der Waals surface area contributed by atoms with Crippen LogP contribution in [0.25, 0.3) is 0 Å². The van der Waals surface area contributed by atoms with Crippen molar-refractivity contribution in [3.63, 3.8) is 0 Å². The normalized spacial score (nSPS) is 21.6. The van der Waals surface area contributed by atoms with Crippen molar-refractivity contribution in [2.75, 3.05) is 7.11 Å². The summed E-state index contributed by atoms with van der Waals surface area (Å²) in [5.41, 5.74) is 0.776. The summed E-state index contributed by atoms with van der Waals surface area (Å²) in [6.07, 6.45) is -1.49. The minimum absolute atomic E-state index is 0.0546. The quantitative estimate of drug-likeness (QED) is 0.891. The first-order valence-corrected chi connectivity index (χ1v) is 7.48. The first kappa shape index (κ1) is 17.4. The standard InChI is InChI=1S/C15H20F3N3O2/c1-23-13-6-5-10(8-19-13)9-20-14(22)21-12-4-2-3-11(7-12)15(16,17)18/h5-6,8,11-12H,2-4,7,9H2,1H3,(H2,20,21,22)/t11-,12+/m0/s1. The van der Waals surface area contributed by atoms with Crippen LogP contribution in [0.1, 0.15) is 31.2 Å². The first-order valence-electron chi connectivity index (χ1n) is 7.48. The smallest absolute Gasteiger partial charge is 0.391 e. The molecule has 0 aliphatic heterocycles. The number of aromatic nitrogens is 1. The zero-order valence-corrected chi connectivity index (χ0v) is 12.8. The number of rotatable bonds is 4. The Kier molecular flexibility index (Phi) is 5.68. The molecule has 2 amide bonds. The van der Waals surface area contributed by atoms with E-state index in [0.29, 0.717) is 18.7 Å². The summed E-state index contributed by atoms with van der Waals surface area (Å²) in [5.74, 6) is -0.856. The van der Waals surface area contributed by atoms with Gasteiger partial charge < -0.3 is 15.4 Å². The molecule has 2 rings (SSSR count). The van der Waals surface area contributed by atoms with E-state index in [-0.39, 0.29) is 19.4 Å². The van der Waals surface area contributed by atoms with Gasteiger partial charge in [0.1, 0.15) is 0 Å². The Labute approximate surface area is 132 Å². The van der Waals surface area contributed by atoms with E-state index in [1.54, 1.807) is 18.3 Å². The summed E-state index contributed by atoms with van der Waals surface area (Å²) in [6.45, 7) is 0.248. The molecular weight excluding hydrogens is 311 g/mol. The predicted molar refractivity (Wildman–Crippen MR) is 78.0 cm³/mol. The van der Waals surface area contributed by atoms with E-state index in [1.165, 1.54) is 7.11 Å². The average molecular weight is 331 g/mol. The highest BCUT2D eigenvalue weighted by atomic mass is 19.4. The molecule has 0 aromatic carbocycles. The van der Waals surface area contributed by atoms with Gasteiger partial charge in [-0.3, -0.25) is 0 Å². The van der Waals surface area contributed by atoms with Gasteiger partial charge in [0, 0.05) is 24.8 Å². The highest BCUT2D eigenvalue weighted by Gasteiger charge is 2.42. The second-order valence-corrected chi connectivity index (χ2v) is 5.64. The van der Waals surface area contributed by atoms with Gasteiger partial charge in [-0.2, -0.15) is 13.2 Å². The van der Waals surface area contributed by atoms with Gasteiger partial charge in [0.15, 0.2) is 0 Å². The molecule has 128 valence electrons. The largest absolute Gasteiger partial charge is 0.481 e. The number of urea groups is 1. The zero-order valence-electron chi connectivity index (χ0n) is 12.8. The van der Waals surface area contributed by atoms with Crippen LogP contribution in [0.15, 0.2) is 18.3 Å². The Hall–Kier alpha value is -1.99. The number of pyridine rings is 1. The van der Waals surface area contributed by atoms with E-state index in [9.17, 15) is 18.0 Å². The molecule has 1 aromatic rings. The van der Waals surface area contributed by atoms with Crippen molar-refractivity contribution in [2.24, 2.45) is 5.92 Å². The molecule has 0 spiro atoms. The Balaban J connectivity index is 1.77. The van der Waals surface area contributed by atoms with Gasteiger partial charge in [-0.25, -0.2) is 9.78 Å². The Morgan fingerprint density at radius 3 is 2.78 bits per heavy atom. The van der Waals surface area contributed by atoms with Gasteiger partial charge in [0.05, 0.1) is 13.0 Å². The molecule has 1 aromatic heterocycles. The number of carbonyl (C=O) groups is 1. The second kappa shape index (κ2) is 7.52. The SMILES string of the molecule is COc1ccc(CNC(=O)N[C@@H]2CCC[C@H](C(F)(F)F)C2)cn1. The molecule has 23 heavy (non-hydrogen) atoms. The molecule has 5 nitrogen and oxygen atoms in total. The Morgan fingerprint density at radius 2 is 2.17 bits per heavy atom. The van der Waals surface area contributed by atoms with E-state index in [4.69, 9.17) is 4.74 Å². The molecule has 1 fully saturated rings. The lowest BCUT2D eigenvalue weighted by Crippen LogP contribution is -2.45. The van der Waals surface area contributed by atoms with Gasteiger partial charge in [0.2, 0.25) is 5.88 Å². The number of hydrogen-bond acceptors (Lipinski definition) is 3. The molecule has 0 unspecified atom stereocenters. The molecule has 1 saturated carbocycles. The molecule has 0 saturated heterocycles. The third-order valence-electron chi connectivity index (χ3n) is 3.93. The summed E-state index contributed by atoms with van der Waals surface area (Å²) < 4.78 is 43.1. The number of ether oxygens (including phenoxy) is 1. The van der Waals surface area contributed by atoms with Crippen LogP contribution in [0.4, 0.5) is 18.0 Å². The number of nitrogens with one attached hydrogen (secondary N) is 2. The summed E-state index contributed by atoms with van der Waals surface area (Å²) in [4.78, 5) is 15.8. The number of methoxy groups -OCH3 is 1. The van der Waals surface area contributed by atoms with Gasteiger partial charge in [0.25, 0.3) is 0 Å². The zero-order chi connectivity index (χ0) is 16.9. The third-order valence-corrected chi connectivity index (χ3v) is 3.93. The van der Waals surface area contributed by atoms with E-state index in [1.807, 2.05) is 0 Å². The van der Waals surface area contributed by atoms with Crippen LogP contribution in [0.3, 0.4) is 0 Å². The highest BCUT2D eigenvalue weighted by molar-refractivity contribution is 5.74. The summed E-state index contributed by atoms with van der Waals surface area (Å²) >= 11 is 0. The van der Waals surface area contributed by atoms with Crippen molar-refractivity contribution in [3.05, 3.63) is 23.9 Å². The predicted octanol–water partition coefficient (Wildman–Crippen LogP) is 3.01. The summed E-state index contributed by atoms with van der Waals surface area (Å²) in [7, 11) is 1.51. The van der Waals surface area contributed by atoms with Crippen molar-refractivity contribution in [2.45, 2.75) is 44.4 Å². The molecule has 8 heteroatoms. The number of carbonyl (C=O) groups excluding carboxylic acids is 1. The fraction of sp³-hybridized carbons (Fsp3) is 0.600. The lowest BCUT2D eigenvalue weighted by Gasteiger charge is -2.31. The number of hydrogen-bond donors (Lipinski definition) is 2. The maximum Gasteiger partial charge on any atom is 0.391 e. The van der Waals surface area contributed by atoms with Gasteiger partial charge in [-0.1, -0.05) is 12.5 Å². The summed E-state index contributed by atoms with van der Waals surface area (Å²) in [5, 5.41) is 5.24. The van der Waals surface area contributed by atoms with E-state index >= 15 is 0 Å². The minimum atomic E-state index is -4.19. The molecule has 0 bridgehead atoms. The van der Waals surface area contributed by atoms with Crippen LogP contribution in [0.2, 0.25) is 0 Å². The lowest BCUT2D eigenvalue weighted by atomic mass is 9.85. The van der Waals surface area contributed by atoms with Crippen molar-refractivity contribution in [1.29, 1.82) is 0 Å². The lowest BCUT2D eigenvalue weighted by molar-refractivity contribution is -0.183. The van der Waals surface area contributed by atoms with Crippen LogP contribution >= 0.6 is 0 Å². The highest BCUT2D eigenvalue weighted by Crippen LogP contribution is 2.37. The van der Waals surface area contributed by atoms with Gasteiger partial charge in [-0.05, 0) is 24.8 Å². The van der Waals surface area contributed by atoms with Crippen LogP contribution in [0, 0.1) is 5.92 Å². The van der Waals surface area contributed by atoms with E-state index in [0.717, 1.165) is 5.56 Å². The first-order chi connectivity index (χ1) is 10.9. The molecule has 1 aliphatic rings.